The van der Waals surface area contributed by atoms with Gasteiger partial charge in [-0.3, -0.25) is 15.1 Å². The molecular formula is C25H37N5O3. The zero-order valence-corrected chi connectivity index (χ0v) is 20.4. The number of ether oxygens (including phenoxy) is 1. The van der Waals surface area contributed by atoms with Crippen molar-refractivity contribution in [1.29, 1.82) is 0 Å². The largest absolute Gasteiger partial charge is 0.444 e. The summed E-state index contributed by atoms with van der Waals surface area (Å²) >= 11 is 0. The number of aromatic nitrogens is 1. The number of nitrogens with two attached hydrogens (primary N) is 1. The quantitative estimate of drug-likeness (QED) is 0.491. The third-order valence-electron chi connectivity index (χ3n) is 4.86. The summed E-state index contributed by atoms with van der Waals surface area (Å²) < 4.78 is 5.44. The van der Waals surface area contributed by atoms with Crippen molar-refractivity contribution in [2.24, 2.45) is 5.73 Å². The lowest BCUT2D eigenvalue weighted by atomic mass is 10.1. The molecule has 2 amide bonds. The molecule has 0 aliphatic carbocycles. The van der Waals surface area contributed by atoms with Gasteiger partial charge in [-0.15, -0.1) is 0 Å². The van der Waals surface area contributed by atoms with Crippen LogP contribution in [0.15, 0.2) is 42.6 Å². The van der Waals surface area contributed by atoms with E-state index in [1.165, 1.54) is 0 Å². The molecule has 0 saturated heterocycles. The number of amides is 2. The number of unbranched alkanes of at least 4 members (excludes halogenated alkanes) is 2. The van der Waals surface area contributed by atoms with Crippen LogP contribution in [0.1, 0.15) is 56.1 Å². The Balaban J connectivity index is 2.21. The minimum absolute atomic E-state index is 0.237. The highest BCUT2D eigenvalue weighted by molar-refractivity contribution is 5.91. The van der Waals surface area contributed by atoms with E-state index in [1.54, 1.807) is 12.3 Å². The fourth-order valence-corrected chi connectivity index (χ4v) is 3.34. The summed E-state index contributed by atoms with van der Waals surface area (Å²) in [5, 5.41) is 2.89. The van der Waals surface area contributed by atoms with Gasteiger partial charge in [0.25, 0.3) is 5.91 Å². The number of nitrogens with one attached hydrogen (secondary N) is 1. The molecule has 0 bridgehead atoms. The SMILES string of the molecule is CN(C)CCCCCN(Cc1ccc(C(N)=O)nc1)c1ccccc1NC(=O)OC(C)(C)C. The van der Waals surface area contributed by atoms with Crippen molar-refractivity contribution in [3.8, 4) is 0 Å². The lowest BCUT2D eigenvalue weighted by Gasteiger charge is -2.28. The molecule has 8 heteroatoms. The van der Waals surface area contributed by atoms with E-state index >= 15 is 0 Å². The Hall–Kier alpha value is -3.13. The minimum atomic E-state index is -0.584. The van der Waals surface area contributed by atoms with Gasteiger partial charge < -0.3 is 20.3 Å². The Morgan fingerprint density at radius 2 is 1.73 bits per heavy atom. The van der Waals surface area contributed by atoms with E-state index in [0.717, 1.165) is 43.6 Å². The molecule has 0 saturated carbocycles. The van der Waals surface area contributed by atoms with Crippen LogP contribution < -0.4 is 16.0 Å². The van der Waals surface area contributed by atoms with Crippen LogP contribution in [0.2, 0.25) is 0 Å². The summed E-state index contributed by atoms with van der Waals surface area (Å²) in [6, 6.07) is 11.2. The van der Waals surface area contributed by atoms with Crippen LogP contribution in [0.3, 0.4) is 0 Å². The summed E-state index contributed by atoms with van der Waals surface area (Å²) in [5.74, 6) is -0.550. The summed E-state index contributed by atoms with van der Waals surface area (Å²) in [7, 11) is 4.15. The molecule has 3 N–H and O–H groups in total. The van der Waals surface area contributed by atoms with Gasteiger partial charge in [-0.05, 0) is 78.0 Å². The Morgan fingerprint density at radius 1 is 1.03 bits per heavy atom. The van der Waals surface area contributed by atoms with E-state index < -0.39 is 17.6 Å². The van der Waals surface area contributed by atoms with E-state index in [-0.39, 0.29) is 5.69 Å². The van der Waals surface area contributed by atoms with E-state index in [1.807, 2.05) is 51.1 Å². The number of rotatable bonds is 11. The minimum Gasteiger partial charge on any atom is -0.444 e. The molecule has 2 rings (SSSR count). The maximum absolute atomic E-state index is 12.4. The third-order valence-corrected chi connectivity index (χ3v) is 4.86. The van der Waals surface area contributed by atoms with E-state index in [9.17, 15) is 9.59 Å². The van der Waals surface area contributed by atoms with Crippen molar-refractivity contribution in [3.05, 3.63) is 53.9 Å². The van der Waals surface area contributed by atoms with Gasteiger partial charge in [0.2, 0.25) is 0 Å². The Bertz CT molecular complexity index is 907. The van der Waals surface area contributed by atoms with Gasteiger partial charge in [-0.1, -0.05) is 24.6 Å². The highest BCUT2D eigenvalue weighted by Crippen LogP contribution is 2.28. The second kappa shape index (κ2) is 12.2. The van der Waals surface area contributed by atoms with Gasteiger partial charge >= 0.3 is 6.09 Å². The van der Waals surface area contributed by atoms with Gasteiger partial charge in [0.1, 0.15) is 11.3 Å². The summed E-state index contributed by atoms with van der Waals surface area (Å²) in [6.07, 6.45) is 4.39. The monoisotopic (exact) mass is 455 g/mol. The number of nitrogens with zero attached hydrogens (tertiary/aromatic N) is 3. The molecule has 1 aromatic heterocycles. The third kappa shape index (κ3) is 9.49. The standard InChI is InChI=1S/C25H37N5O3/c1-25(2,3)33-24(32)28-20-11-7-8-12-22(20)30(16-10-6-9-15-29(4)5)18-19-13-14-21(23(26)31)27-17-19/h7-8,11-14,17H,6,9-10,15-16,18H2,1-5H3,(H2,26,31)(H,28,32). The van der Waals surface area contributed by atoms with Crippen LogP contribution >= 0.6 is 0 Å². The van der Waals surface area contributed by atoms with E-state index in [2.05, 4.69) is 34.2 Å². The van der Waals surface area contributed by atoms with Crippen molar-refractivity contribution in [3.63, 3.8) is 0 Å². The van der Waals surface area contributed by atoms with Crippen molar-refractivity contribution < 1.29 is 14.3 Å². The molecule has 0 aliphatic rings. The number of hydrogen-bond donors (Lipinski definition) is 2. The molecule has 0 fully saturated rings. The molecule has 0 spiro atoms. The van der Waals surface area contributed by atoms with Gasteiger partial charge in [0.05, 0.1) is 11.4 Å². The maximum atomic E-state index is 12.4. The predicted molar refractivity (Wildman–Crippen MR) is 133 cm³/mol. The number of pyridine rings is 1. The molecule has 0 aliphatic heterocycles. The molecule has 180 valence electrons. The van der Waals surface area contributed by atoms with Crippen molar-refractivity contribution >= 4 is 23.4 Å². The summed E-state index contributed by atoms with van der Waals surface area (Å²) in [5.41, 5.74) is 7.49. The molecule has 8 nitrogen and oxygen atoms in total. The van der Waals surface area contributed by atoms with Crippen LogP contribution in [-0.4, -0.2) is 54.7 Å². The molecular weight excluding hydrogens is 418 g/mol. The fraction of sp³-hybridized carbons (Fsp3) is 0.480. The van der Waals surface area contributed by atoms with Crippen molar-refractivity contribution in [2.75, 3.05) is 37.4 Å². The van der Waals surface area contributed by atoms with Gasteiger partial charge in [-0.2, -0.15) is 0 Å². The van der Waals surface area contributed by atoms with Crippen LogP contribution in [-0.2, 0) is 11.3 Å². The lowest BCUT2D eigenvalue weighted by molar-refractivity contribution is 0.0635. The van der Waals surface area contributed by atoms with Gasteiger partial charge in [0, 0.05) is 19.3 Å². The van der Waals surface area contributed by atoms with Crippen molar-refractivity contribution in [1.82, 2.24) is 9.88 Å². The Kier molecular flexibility index (Phi) is 9.66. The van der Waals surface area contributed by atoms with E-state index in [4.69, 9.17) is 10.5 Å². The smallest absolute Gasteiger partial charge is 0.412 e. The van der Waals surface area contributed by atoms with Gasteiger partial charge in [0.15, 0.2) is 0 Å². The molecule has 1 heterocycles. The molecule has 33 heavy (non-hydrogen) atoms. The lowest BCUT2D eigenvalue weighted by Crippen LogP contribution is -2.29. The Morgan fingerprint density at radius 3 is 2.33 bits per heavy atom. The van der Waals surface area contributed by atoms with Crippen LogP contribution in [0.4, 0.5) is 16.2 Å². The highest BCUT2D eigenvalue weighted by atomic mass is 16.6. The number of anilines is 2. The number of carbonyl (C=O) groups is 2. The Labute approximate surface area is 197 Å². The zero-order chi connectivity index (χ0) is 24.4. The first-order valence-electron chi connectivity index (χ1n) is 11.3. The first-order chi connectivity index (χ1) is 15.5. The summed E-state index contributed by atoms with van der Waals surface area (Å²) in [4.78, 5) is 32.3. The average molecular weight is 456 g/mol. The first-order valence-corrected chi connectivity index (χ1v) is 11.3. The van der Waals surface area contributed by atoms with E-state index in [0.29, 0.717) is 12.2 Å². The van der Waals surface area contributed by atoms with Crippen molar-refractivity contribution in [2.45, 2.75) is 52.2 Å². The maximum Gasteiger partial charge on any atom is 0.412 e. The topological polar surface area (TPSA) is 101 Å². The average Bonchev–Trinajstić information content (AvgIpc) is 2.72. The van der Waals surface area contributed by atoms with Crippen LogP contribution in [0.5, 0.6) is 0 Å². The molecule has 0 radical (unpaired) electrons. The molecule has 1 aromatic carbocycles. The number of primary amides is 1. The zero-order valence-electron chi connectivity index (χ0n) is 20.4. The summed E-state index contributed by atoms with van der Waals surface area (Å²) in [6.45, 7) is 7.93. The second-order valence-electron chi connectivity index (χ2n) is 9.35. The second-order valence-corrected chi connectivity index (χ2v) is 9.35. The molecule has 0 unspecified atom stereocenters. The predicted octanol–water partition coefficient (Wildman–Crippen LogP) is 4.27. The first kappa shape index (κ1) is 26.1. The molecule has 2 aromatic rings. The van der Waals surface area contributed by atoms with Crippen LogP contribution in [0, 0.1) is 0 Å². The number of benzene rings is 1. The fourth-order valence-electron chi connectivity index (χ4n) is 3.34. The number of para-hydroxylation sites is 2. The normalized spacial score (nSPS) is 11.3. The number of hydrogen-bond acceptors (Lipinski definition) is 6. The van der Waals surface area contributed by atoms with Crippen LogP contribution in [0.25, 0.3) is 0 Å². The highest BCUT2D eigenvalue weighted by Gasteiger charge is 2.19. The van der Waals surface area contributed by atoms with Gasteiger partial charge in [-0.25, -0.2) is 4.79 Å². The number of carbonyl (C=O) groups excluding carboxylic acids is 2. The molecule has 0 atom stereocenters.